The Hall–Kier alpha value is -1.85. The molecule has 0 bridgehead atoms. The van der Waals surface area contributed by atoms with Crippen LogP contribution < -0.4 is 16.6 Å². The number of fused-ring (bicyclic) bond motifs is 1. The highest BCUT2D eigenvalue weighted by Crippen LogP contribution is 2.14. The van der Waals surface area contributed by atoms with Crippen molar-refractivity contribution in [2.24, 2.45) is 11.7 Å². The first-order chi connectivity index (χ1) is 9.49. The number of rotatable bonds is 4. The van der Waals surface area contributed by atoms with E-state index in [0.29, 0.717) is 6.54 Å². The summed E-state index contributed by atoms with van der Waals surface area (Å²) in [6.07, 6.45) is 0. The summed E-state index contributed by atoms with van der Waals surface area (Å²) >= 11 is 0. The molecule has 0 saturated heterocycles. The number of hydrogen-bond acceptors (Lipinski definition) is 3. The Kier molecular flexibility index (Phi) is 5.93. The van der Waals surface area contributed by atoms with E-state index in [1.165, 1.54) is 6.07 Å². The summed E-state index contributed by atoms with van der Waals surface area (Å²) < 4.78 is 0. The van der Waals surface area contributed by atoms with E-state index in [-0.39, 0.29) is 29.8 Å². The Bertz CT molecular complexity index is 682. The average molecular weight is 310 g/mol. The van der Waals surface area contributed by atoms with Crippen LogP contribution in [0.1, 0.15) is 19.4 Å². The first kappa shape index (κ1) is 17.2. The summed E-state index contributed by atoms with van der Waals surface area (Å²) in [6.45, 7) is 4.09. The molecule has 0 aliphatic carbocycles. The molecule has 6 heteroatoms. The number of amides is 1. The van der Waals surface area contributed by atoms with E-state index < -0.39 is 6.04 Å². The van der Waals surface area contributed by atoms with Gasteiger partial charge in [-0.25, -0.2) is 0 Å². The second kappa shape index (κ2) is 7.24. The van der Waals surface area contributed by atoms with Gasteiger partial charge in [0.1, 0.15) is 0 Å². The minimum Gasteiger partial charge on any atom is -0.351 e. The summed E-state index contributed by atoms with van der Waals surface area (Å²) in [6, 6.07) is 8.46. The molecule has 4 N–H and O–H groups in total. The number of aromatic amines is 1. The summed E-state index contributed by atoms with van der Waals surface area (Å²) in [4.78, 5) is 26.2. The van der Waals surface area contributed by atoms with Crippen molar-refractivity contribution in [3.63, 3.8) is 0 Å². The fraction of sp³-hybridized carbons (Fsp3) is 0.333. The lowest BCUT2D eigenvalue weighted by Gasteiger charge is -2.15. The lowest BCUT2D eigenvalue weighted by molar-refractivity contribution is -0.123. The molecule has 1 amide bonds. The summed E-state index contributed by atoms with van der Waals surface area (Å²) in [7, 11) is 0. The Morgan fingerprint density at radius 1 is 1.33 bits per heavy atom. The maximum absolute atomic E-state index is 11.9. The molecular formula is C15H20ClN3O2. The fourth-order valence-corrected chi connectivity index (χ4v) is 2.03. The number of nitrogens with two attached hydrogens (primary N) is 1. The predicted octanol–water partition coefficient (Wildman–Crippen LogP) is 1.55. The van der Waals surface area contributed by atoms with Gasteiger partial charge in [-0.3, -0.25) is 9.59 Å². The highest BCUT2D eigenvalue weighted by atomic mass is 35.5. The molecule has 0 aliphatic heterocycles. The number of halogens is 1. The van der Waals surface area contributed by atoms with Crippen molar-refractivity contribution >= 4 is 29.2 Å². The van der Waals surface area contributed by atoms with Crippen molar-refractivity contribution in [1.82, 2.24) is 10.3 Å². The Balaban J connectivity index is 0.00000220. The maximum atomic E-state index is 11.9. The molecule has 0 saturated carbocycles. The van der Waals surface area contributed by atoms with Gasteiger partial charge in [0.15, 0.2) is 0 Å². The van der Waals surface area contributed by atoms with Gasteiger partial charge >= 0.3 is 0 Å². The van der Waals surface area contributed by atoms with Crippen LogP contribution in [0, 0.1) is 5.92 Å². The van der Waals surface area contributed by atoms with Crippen LogP contribution in [-0.2, 0) is 11.3 Å². The van der Waals surface area contributed by atoms with Crippen molar-refractivity contribution < 1.29 is 4.79 Å². The van der Waals surface area contributed by atoms with Gasteiger partial charge in [0.25, 0.3) is 0 Å². The summed E-state index contributed by atoms with van der Waals surface area (Å²) in [5.74, 6) is -0.129. The SMILES string of the molecule is CC(C)[C@H](N)C(=O)NCc1cc(=O)[nH]c2ccccc12.Cl. The van der Waals surface area contributed by atoms with Crippen molar-refractivity contribution in [1.29, 1.82) is 0 Å². The zero-order valence-corrected chi connectivity index (χ0v) is 12.9. The molecule has 114 valence electrons. The second-order valence-electron chi connectivity index (χ2n) is 5.19. The molecule has 0 spiro atoms. The number of H-pyrrole nitrogens is 1. The van der Waals surface area contributed by atoms with Crippen LogP contribution in [0.15, 0.2) is 35.1 Å². The summed E-state index contributed by atoms with van der Waals surface area (Å²) in [5.41, 5.74) is 7.15. The van der Waals surface area contributed by atoms with Crippen LogP contribution in [0.2, 0.25) is 0 Å². The van der Waals surface area contributed by atoms with Gasteiger partial charge in [-0.05, 0) is 17.5 Å². The highest BCUT2D eigenvalue weighted by molar-refractivity contribution is 5.85. The number of benzene rings is 1. The number of carbonyl (C=O) groups excluding carboxylic acids is 1. The normalized spacial score (nSPS) is 12.0. The third kappa shape index (κ3) is 4.06. The van der Waals surface area contributed by atoms with Crippen LogP contribution in [0.3, 0.4) is 0 Å². The van der Waals surface area contributed by atoms with Crippen LogP contribution in [0.25, 0.3) is 10.9 Å². The Morgan fingerprint density at radius 2 is 2.00 bits per heavy atom. The molecule has 0 aliphatic rings. The number of aromatic nitrogens is 1. The van der Waals surface area contributed by atoms with Crippen LogP contribution in [-0.4, -0.2) is 16.9 Å². The molecule has 0 radical (unpaired) electrons. The van der Waals surface area contributed by atoms with Crippen molar-refractivity contribution in [3.8, 4) is 0 Å². The van der Waals surface area contributed by atoms with Gasteiger partial charge in [0, 0.05) is 23.5 Å². The van der Waals surface area contributed by atoms with Crippen molar-refractivity contribution in [2.75, 3.05) is 0 Å². The lowest BCUT2D eigenvalue weighted by Crippen LogP contribution is -2.43. The third-order valence-corrected chi connectivity index (χ3v) is 3.31. The molecule has 21 heavy (non-hydrogen) atoms. The molecule has 1 heterocycles. The Labute approximate surface area is 129 Å². The quantitative estimate of drug-likeness (QED) is 0.800. The number of hydrogen-bond donors (Lipinski definition) is 3. The van der Waals surface area contributed by atoms with Gasteiger partial charge < -0.3 is 16.0 Å². The van der Waals surface area contributed by atoms with E-state index in [0.717, 1.165) is 16.5 Å². The minimum atomic E-state index is -0.539. The number of nitrogens with one attached hydrogen (secondary N) is 2. The molecule has 2 rings (SSSR count). The van der Waals surface area contributed by atoms with E-state index in [4.69, 9.17) is 5.73 Å². The second-order valence-corrected chi connectivity index (χ2v) is 5.19. The Morgan fingerprint density at radius 3 is 2.67 bits per heavy atom. The number of para-hydroxylation sites is 1. The maximum Gasteiger partial charge on any atom is 0.248 e. The molecule has 5 nitrogen and oxygen atoms in total. The largest absolute Gasteiger partial charge is 0.351 e. The molecule has 0 unspecified atom stereocenters. The number of carbonyl (C=O) groups is 1. The summed E-state index contributed by atoms with van der Waals surface area (Å²) in [5, 5.41) is 3.70. The van der Waals surface area contributed by atoms with E-state index in [1.807, 2.05) is 38.1 Å². The van der Waals surface area contributed by atoms with Gasteiger partial charge in [-0.15, -0.1) is 12.4 Å². The van der Waals surface area contributed by atoms with E-state index in [1.54, 1.807) is 0 Å². The van der Waals surface area contributed by atoms with Gasteiger partial charge in [-0.2, -0.15) is 0 Å². The predicted molar refractivity (Wildman–Crippen MR) is 86.5 cm³/mol. The topological polar surface area (TPSA) is 88.0 Å². The molecule has 1 aromatic carbocycles. The van der Waals surface area contributed by atoms with Crippen molar-refractivity contribution in [2.45, 2.75) is 26.4 Å². The smallest absolute Gasteiger partial charge is 0.248 e. The van der Waals surface area contributed by atoms with Crippen LogP contribution >= 0.6 is 12.4 Å². The number of pyridine rings is 1. The van der Waals surface area contributed by atoms with Crippen LogP contribution in [0.5, 0.6) is 0 Å². The van der Waals surface area contributed by atoms with Crippen LogP contribution in [0.4, 0.5) is 0 Å². The van der Waals surface area contributed by atoms with E-state index in [2.05, 4.69) is 10.3 Å². The first-order valence-electron chi connectivity index (χ1n) is 6.63. The average Bonchev–Trinajstić information content (AvgIpc) is 2.43. The van der Waals surface area contributed by atoms with E-state index >= 15 is 0 Å². The standard InChI is InChI=1S/C15H19N3O2.ClH/c1-9(2)14(16)15(20)17-8-10-7-13(19)18-12-6-4-3-5-11(10)12;/h3-7,9,14H,8,16H2,1-2H3,(H,17,20)(H,18,19);1H/t14-;/m0./s1. The van der Waals surface area contributed by atoms with Crippen molar-refractivity contribution in [3.05, 3.63) is 46.2 Å². The monoisotopic (exact) mass is 309 g/mol. The fourth-order valence-electron chi connectivity index (χ4n) is 2.03. The molecule has 0 fully saturated rings. The third-order valence-electron chi connectivity index (χ3n) is 3.31. The van der Waals surface area contributed by atoms with Gasteiger partial charge in [0.2, 0.25) is 11.5 Å². The molecular weight excluding hydrogens is 290 g/mol. The van der Waals surface area contributed by atoms with Gasteiger partial charge in [-0.1, -0.05) is 32.0 Å². The van der Waals surface area contributed by atoms with E-state index in [9.17, 15) is 9.59 Å². The molecule has 1 aromatic heterocycles. The lowest BCUT2D eigenvalue weighted by atomic mass is 10.0. The molecule has 2 aromatic rings. The molecule has 1 atom stereocenters. The first-order valence-corrected chi connectivity index (χ1v) is 6.63. The van der Waals surface area contributed by atoms with Gasteiger partial charge in [0.05, 0.1) is 6.04 Å². The highest BCUT2D eigenvalue weighted by Gasteiger charge is 2.16. The minimum absolute atomic E-state index is 0. The zero-order valence-electron chi connectivity index (χ0n) is 12.1. The zero-order chi connectivity index (χ0) is 14.7.